The van der Waals surface area contributed by atoms with Crippen molar-refractivity contribution in [1.29, 1.82) is 0 Å². The van der Waals surface area contributed by atoms with E-state index >= 15 is 0 Å². The first-order chi connectivity index (χ1) is 8.24. The van der Waals surface area contributed by atoms with Crippen LogP contribution in [0.4, 0.5) is 0 Å². The van der Waals surface area contributed by atoms with E-state index in [1.807, 2.05) is 12.1 Å². The summed E-state index contributed by atoms with van der Waals surface area (Å²) < 4.78 is 5.26. The van der Waals surface area contributed by atoms with E-state index in [2.05, 4.69) is 17.6 Å². The molecule has 1 unspecified atom stereocenters. The van der Waals surface area contributed by atoms with Crippen molar-refractivity contribution in [3.8, 4) is 0 Å². The van der Waals surface area contributed by atoms with E-state index in [0.29, 0.717) is 18.6 Å². The third-order valence-electron chi connectivity index (χ3n) is 2.96. The smallest absolute Gasteiger partial charge is 0.234 e. The van der Waals surface area contributed by atoms with Gasteiger partial charge in [0.05, 0.1) is 12.8 Å². The zero-order valence-electron chi connectivity index (χ0n) is 10.2. The lowest BCUT2D eigenvalue weighted by Gasteiger charge is -2.12. The Labute approximate surface area is 102 Å². The molecule has 94 valence electrons. The SMILES string of the molecule is CC(CCc1ccco1)NCC(=O)NC1CC1. The second kappa shape index (κ2) is 5.87. The van der Waals surface area contributed by atoms with Gasteiger partial charge in [-0.25, -0.2) is 0 Å². The van der Waals surface area contributed by atoms with E-state index in [4.69, 9.17) is 4.42 Å². The Morgan fingerprint density at radius 3 is 3.06 bits per heavy atom. The van der Waals surface area contributed by atoms with Crippen LogP contribution in [0.5, 0.6) is 0 Å². The summed E-state index contributed by atoms with van der Waals surface area (Å²) in [6.45, 7) is 2.50. The Balaban J connectivity index is 1.56. The van der Waals surface area contributed by atoms with Gasteiger partial charge in [0.25, 0.3) is 0 Å². The number of nitrogens with one attached hydrogen (secondary N) is 2. The van der Waals surface area contributed by atoms with E-state index in [1.54, 1.807) is 6.26 Å². The summed E-state index contributed by atoms with van der Waals surface area (Å²) in [4.78, 5) is 11.4. The topological polar surface area (TPSA) is 54.3 Å². The van der Waals surface area contributed by atoms with Crippen molar-refractivity contribution in [3.63, 3.8) is 0 Å². The molecule has 1 aromatic heterocycles. The van der Waals surface area contributed by atoms with Gasteiger partial charge in [0.15, 0.2) is 0 Å². The summed E-state index contributed by atoms with van der Waals surface area (Å²) in [5.74, 6) is 1.11. The van der Waals surface area contributed by atoms with Gasteiger partial charge in [0.2, 0.25) is 5.91 Å². The summed E-state index contributed by atoms with van der Waals surface area (Å²) in [7, 11) is 0. The molecule has 0 bridgehead atoms. The Morgan fingerprint density at radius 1 is 1.59 bits per heavy atom. The fraction of sp³-hybridized carbons (Fsp3) is 0.615. The number of carbonyl (C=O) groups is 1. The molecule has 1 amide bonds. The summed E-state index contributed by atoms with van der Waals surface area (Å²) in [5, 5.41) is 6.18. The van der Waals surface area contributed by atoms with Gasteiger partial charge < -0.3 is 15.1 Å². The molecule has 1 aromatic rings. The van der Waals surface area contributed by atoms with Gasteiger partial charge in [-0.3, -0.25) is 4.79 Å². The lowest BCUT2D eigenvalue weighted by Crippen LogP contribution is -2.39. The van der Waals surface area contributed by atoms with Crippen molar-refractivity contribution >= 4 is 5.91 Å². The van der Waals surface area contributed by atoms with Gasteiger partial charge in [-0.1, -0.05) is 0 Å². The Kier molecular flexibility index (Phi) is 4.20. The molecule has 0 spiro atoms. The van der Waals surface area contributed by atoms with Crippen molar-refractivity contribution in [1.82, 2.24) is 10.6 Å². The first kappa shape index (κ1) is 12.2. The van der Waals surface area contributed by atoms with Gasteiger partial charge in [-0.15, -0.1) is 0 Å². The molecule has 1 fully saturated rings. The standard InChI is InChI=1S/C13H20N2O2/c1-10(4-7-12-3-2-8-17-12)14-9-13(16)15-11-5-6-11/h2-3,8,10-11,14H,4-7,9H2,1H3,(H,15,16). The minimum atomic E-state index is 0.109. The molecule has 2 rings (SSSR count). The first-order valence-electron chi connectivity index (χ1n) is 6.29. The monoisotopic (exact) mass is 236 g/mol. The van der Waals surface area contributed by atoms with Crippen LogP contribution in [0, 0.1) is 0 Å². The third kappa shape index (κ3) is 4.61. The molecule has 1 aliphatic carbocycles. The summed E-state index contributed by atoms with van der Waals surface area (Å²) in [6.07, 6.45) is 5.85. The average Bonchev–Trinajstić information content (AvgIpc) is 2.96. The van der Waals surface area contributed by atoms with Crippen LogP contribution in [0.25, 0.3) is 0 Å². The summed E-state index contributed by atoms with van der Waals surface area (Å²) >= 11 is 0. The molecule has 0 aromatic carbocycles. The highest BCUT2D eigenvalue weighted by Gasteiger charge is 2.22. The van der Waals surface area contributed by atoms with E-state index < -0.39 is 0 Å². The quantitative estimate of drug-likeness (QED) is 0.753. The van der Waals surface area contributed by atoms with Crippen molar-refractivity contribution in [2.24, 2.45) is 0 Å². The molecular formula is C13H20N2O2. The highest BCUT2D eigenvalue weighted by Crippen LogP contribution is 2.18. The minimum Gasteiger partial charge on any atom is -0.469 e. The molecule has 0 aliphatic heterocycles. The predicted octanol–water partition coefficient (Wildman–Crippen LogP) is 1.47. The Morgan fingerprint density at radius 2 is 2.41 bits per heavy atom. The van der Waals surface area contributed by atoms with Gasteiger partial charge >= 0.3 is 0 Å². The third-order valence-corrected chi connectivity index (χ3v) is 2.96. The number of hydrogen-bond donors (Lipinski definition) is 2. The van der Waals surface area contributed by atoms with Crippen LogP contribution in [-0.2, 0) is 11.2 Å². The maximum absolute atomic E-state index is 11.4. The Bertz CT molecular complexity index is 344. The van der Waals surface area contributed by atoms with E-state index in [1.165, 1.54) is 0 Å². The molecule has 4 nitrogen and oxygen atoms in total. The minimum absolute atomic E-state index is 0.109. The zero-order valence-corrected chi connectivity index (χ0v) is 10.2. The van der Waals surface area contributed by atoms with E-state index in [-0.39, 0.29) is 5.91 Å². The van der Waals surface area contributed by atoms with Gasteiger partial charge in [0.1, 0.15) is 5.76 Å². The average molecular weight is 236 g/mol. The molecule has 17 heavy (non-hydrogen) atoms. The fourth-order valence-electron chi connectivity index (χ4n) is 1.69. The first-order valence-corrected chi connectivity index (χ1v) is 6.29. The van der Waals surface area contributed by atoms with Crippen LogP contribution in [-0.4, -0.2) is 24.5 Å². The fourth-order valence-corrected chi connectivity index (χ4v) is 1.69. The van der Waals surface area contributed by atoms with Gasteiger partial charge in [0, 0.05) is 18.5 Å². The number of hydrogen-bond acceptors (Lipinski definition) is 3. The number of carbonyl (C=O) groups excluding carboxylic acids is 1. The number of amides is 1. The van der Waals surface area contributed by atoms with Crippen LogP contribution in [0.3, 0.4) is 0 Å². The van der Waals surface area contributed by atoms with Crippen molar-refractivity contribution in [3.05, 3.63) is 24.2 Å². The van der Waals surface area contributed by atoms with Crippen molar-refractivity contribution in [2.75, 3.05) is 6.54 Å². The molecule has 0 radical (unpaired) electrons. The molecule has 1 atom stereocenters. The second-order valence-electron chi connectivity index (χ2n) is 4.74. The predicted molar refractivity (Wildman–Crippen MR) is 65.7 cm³/mol. The molecular weight excluding hydrogens is 216 g/mol. The number of aryl methyl sites for hydroxylation is 1. The summed E-state index contributed by atoms with van der Waals surface area (Å²) in [6, 6.07) is 4.65. The second-order valence-corrected chi connectivity index (χ2v) is 4.74. The van der Waals surface area contributed by atoms with Crippen molar-refractivity contribution < 1.29 is 9.21 Å². The highest BCUT2D eigenvalue weighted by molar-refractivity contribution is 5.78. The highest BCUT2D eigenvalue weighted by atomic mass is 16.3. The van der Waals surface area contributed by atoms with Crippen LogP contribution in [0.1, 0.15) is 31.9 Å². The molecule has 1 heterocycles. The molecule has 1 aliphatic rings. The molecule has 0 saturated heterocycles. The molecule has 1 saturated carbocycles. The lowest BCUT2D eigenvalue weighted by atomic mass is 10.1. The molecule has 4 heteroatoms. The normalized spacial score (nSPS) is 16.8. The number of furan rings is 1. The van der Waals surface area contributed by atoms with E-state index in [0.717, 1.165) is 31.4 Å². The maximum Gasteiger partial charge on any atom is 0.234 e. The largest absolute Gasteiger partial charge is 0.469 e. The van der Waals surface area contributed by atoms with Gasteiger partial charge in [-0.05, 0) is 38.3 Å². The van der Waals surface area contributed by atoms with Gasteiger partial charge in [-0.2, -0.15) is 0 Å². The molecule has 2 N–H and O–H groups in total. The zero-order chi connectivity index (χ0) is 12.1. The van der Waals surface area contributed by atoms with Crippen LogP contribution >= 0.6 is 0 Å². The van der Waals surface area contributed by atoms with Crippen LogP contribution < -0.4 is 10.6 Å². The maximum atomic E-state index is 11.4. The summed E-state index contributed by atoms with van der Waals surface area (Å²) in [5.41, 5.74) is 0. The van der Waals surface area contributed by atoms with E-state index in [9.17, 15) is 4.79 Å². The van der Waals surface area contributed by atoms with Crippen LogP contribution in [0.15, 0.2) is 22.8 Å². The van der Waals surface area contributed by atoms with Crippen LogP contribution in [0.2, 0.25) is 0 Å². The lowest BCUT2D eigenvalue weighted by molar-refractivity contribution is -0.120. The van der Waals surface area contributed by atoms with Crippen molar-refractivity contribution in [2.45, 2.75) is 44.7 Å². The number of rotatable bonds is 7. The Hall–Kier alpha value is -1.29.